The summed E-state index contributed by atoms with van der Waals surface area (Å²) in [4.78, 5) is 15.8. The number of hydrazine groups is 1. The Morgan fingerprint density at radius 2 is 1.71 bits per heavy atom. The number of amides is 1. The van der Waals surface area contributed by atoms with Gasteiger partial charge in [-0.05, 0) is 53.6 Å². The van der Waals surface area contributed by atoms with Gasteiger partial charge in [-0.15, -0.1) is 8.78 Å². The minimum Gasteiger partial charge on any atom is -0.440 e. The molecule has 49 heavy (non-hydrogen) atoms. The minimum atomic E-state index is -4.14. The fraction of sp³-hybridized carbons (Fsp3) is 0.194. The molecule has 0 radical (unpaired) electrons. The van der Waals surface area contributed by atoms with Crippen LogP contribution in [0.3, 0.4) is 0 Å². The van der Waals surface area contributed by atoms with E-state index in [4.69, 9.17) is 10.3 Å². The summed E-state index contributed by atoms with van der Waals surface area (Å²) in [5, 5.41) is 13.5. The van der Waals surface area contributed by atoms with Crippen molar-refractivity contribution in [2.45, 2.75) is 30.6 Å². The van der Waals surface area contributed by atoms with Crippen LogP contribution in [-0.2, 0) is 34.2 Å². The summed E-state index contributed by atoms with van der Waals surface area (Å²) in [7, 11) is -2.69. The number of nitrogens with one attached hydrogen (secondary N) is 1. The Morgan fingerprint density at radius 1 is 1.02 bits per heavy atom. The number of rotatable bonds is 8. The standard InChI is InChI=1S/C31H24F5N5O7S/c1-14-38-27(16-5-7-23-24(10-16)48-31(35,36)47-23)28(46-14)19-8-15(17-9-21(32)20(13-42)25(11-17)49(3,44)45)4-6-18(19)22-12-26(40-41(22)2)30(33,34)29(43)39-37/h4-12,42H,13,37H2,1-3H3,(H,39,43). The van der Waals surface area contributed by atoms with Crippen LogP contribution in [0.2, 0.25) is 0 Å². The van der Waals surface area contributed by atoms with Gasteiger partial charge in [0.25, 0.3) is 0 Å². The Hall–Kier alpha value is -5.33. The SMILES string of the molecule is Cc1nc(-c2ccc3c(c2)OC(F)(F)O3)c(-c2cc(-c3cc(F)c(CO)c(S(C)(=O)=O)c3)ccc2-c2cc(C(F)(F)C(=O)NN)nn2C)o1. The number of carbonyl (C=O) groups is 1. The molecular formula is C31H24F5N5O7S. The number of aliphatic hydroxyl groups excluding tert-OH is 1. The van der Waals surface area contributed by atoms with Gasteiger partial charge in [0, 0.05) is 42.5 Å². The van der Waals surface area contributed by atoms with Crippen LogP contribution in [0.4, 0.5) is 22.0 Å². The van der Waals surface area contributed by atoms with E-state index in [1.807, 2.05) is 0 Å². The van der Waals surface area contributed by atoms with Gasteiger partial charge < -0.3 is 19.0 Å². The summed E-state index contributed by atoms with van der Waals surface area (Å²) >= 11 is 0. The van der Waals surface area contributed by atoms with E-state index in [1.54, 1.807) is 0 Å². The number of aromatic nitrogens is 3. The monoisotopic (exact) mass is 705 g/mol. The van der Waals surface area contributed by atoms with E-state index in [0.717, 1.165) is 23.1 Å². The lowest BCUT2D eigenvalue weighted by Gasteiger charge is -2.14. The van der Waals surface area contributed by atoms with Crippen molar-refractivity contribution < 1.29 is 54.2 Å². The number of ether oxygens (including phenoxy) is 2. The molecular weight excluding hydrogens is 681 g/mol. The van der Waals surface area contributed by atoms with Crippen LogP contribution in [0.1, 0.15) is 17.1 Å². The fourth-order valence-corrected chi connectivity index (χ4v) is 6.33. The molecule has 4 N–H and O–H groups in total. The molecule has 0 unspecified atom stereocenters. The summed E-state index contributed by atoms with van der Waals surface area (Å²) in [6.07, 6.45) is -3.05. The second-order valence-electron chi connectivity index (χ2n) is 11.0. The molecule has 1 amide bonds. The van der Waals surface area contributed by atoms with Crippen molar-refractivity contribution >= 4 is 15.7 Å². The van der Waals surface area contributed by atoms with Crippen LogP contribution in [0.25, 0.3) is 45.0 Å². The summed E-state index contributed by atoms with van der Waals surface area (Å²) in [6, 6.07) is 11.3. The molecule has 0 saturated carbocycles. The molecule has 18 heteroatoms. The van der Waals surface area contributed by atoms with Gasteiger partial charge in [0.2, 0.25) is 0 Å². The molecule has 0 fully saturated rings. The predicted molar refractivity (Wildman–Crippen MR) is 161 cm³/mol. The van der Waals surface area contributed by atoms with Gasteiger partial charge in [0.1, 0.15) is 17.2 Å². The molecule has 1 aliphatic heterocycles. The van der Waals surface area contributed by atoms with Crippen LogP contribution < -0.4 is 20.7 Å². The molecule has 0 spiro atoms. The zero-order chi connectivity index (χ0) is 35.6. The molecule has 12 nitrogen and oxygen atoms in total. The van der Waals surface area contributed by atoms with E-state index in [0.29, 0.717) is 0 Å². The fourth-order valence-electron chi connectivity index (χ4n) is 5.38. The van der Waals surface area contributed by atoms with E-state index in [1.165, 1.54) is 61.9 Å². The zero-order valence-electron chi connectivity index (χ0n) is 25.5. The number of benzene rings is 3. The van der Waals surface area contributed by atoms with Crippen molar-refractivity contribution in [1.29, 1.82) is 0 Å². The number of nitrogens with zero attached hydrogens (tertiary/aromatic N) is 3. The number of nitrogens with two attached hydrogens (primary N) is 1. The largest absolute Gasteiger partial charge is 0.586 e. The third kappa shape index (κ3) is 5.98. The van der Waals surface area contributed by atoms with Crippen molar-refractivity contribution in [3.63, 3.8) is 0 Å². The maximum absolute atomic E-state index is 15.2. The Kier molecular flexibility index (Phi) is 8.00. The van der Waals surface area contributed by atoms with Crippen molar-refractivity contribution in [2.24, 2.45) is 12.9 Å². The van der Waals surface area contributed by atoms with Gasteiger partial charge in [-0.3, -0.25) is 14.9 Å². The molecule has 0 aliphatic carbocycles. The number of aliphatic hydroxyl groups is 1. The highest BCUT2D eigenvalue weighted by Crippen LogP contribution is 2.46. The average molecular weight is 706 g/mol. The van der Waals surface area contributed by atoms with Gasteiger partial charge in [-0.2, -0.15) is 13.9 Å². The third-order valence-corrected chi connectivity index (χ3v) is 8.78. The average Bonchev–Trinajstić information content (AvgIpc) is 3.71. The number of alkyl halides is 4. The minimum absolute atomic E-state index is 0.00928. The van der Waals surface area contributed by atoms with E-state index >= 15 is 4.39 Å². The second kappa shape index (κ2) is 11.7. The van der Waals surface area contributed by atoms with Crippen molar-refractivity contribution in [3.8, 4) is 56.5 Å². The van der Waals surface area contributed by atoms with Crippen LogP contribution in [0, 0.1) is 12.7 Å². The quantitative estimate of drug-likeness (QED) is 0.0880. The molecule has 6 rings (SSSR count). The number of sulfone groups is 1. The van der Waals surface area contributed by atoms with Crippen LogP contribution in [0.15, 0.2) is 63.9 Å². The molecule has 5 aromatic rings. The van der Waals surface area contributed by atoms with E-state index in [9.17, 15) is 35.9 Å². The summed E-state index contributed by atoms with van der Waals surface area (Å²) in [5.74, 6) is -2.46. The Morgan fingerprint density at radius 3 is 2.39 bits per heavy atom. The summed E-state index contributed by atoms with van der Waals surface area (Å²) in [5.41, 5.74) is 0.931. The Labute approximate surface area is 273 Å². The van der Waals surface area contributed by atoms with Crippen LogP contribution >= 0.6 is 0 Å². The predicted octanol–water partition coefficient (Wildman–Crippen LogP) is 4.82. The highest BCUT2D eigenvalue weighted by Gasteiger charge is 2.45. The van der Waals surface area contributed by atoms with Gasteiger partial charge in [-0.1, -0.05) is 12.1 Å². The normalized spacial score (nSPS) is 13.9. The van der Waals surface area contributed by atoms with Gasteiger partial charge in [0.15, 0.2) is 33.0 Å². The van der Waals surface area contributed by atoms with E-state index in [-0.39, 0.29) is 62.4 Å². The summed E-state index contributed by atoms with van der Waals surface area (Å²) in [6.45, 7) is 0.601. The maximum atomic E-state index is 15.2. The first-order valence-electron chi connectivity index (χ1n) is 14.0. The molecule has 256 valence electrons. The number of hydrogen-bond donors (Lipinski definition) is 3. The van der Waals surface area contributed by atoms with Crippen molar-refractivity contribution in [2.75, 3.05) is 6.26 Å². The lowest BCUT2D eigenvalue weighted by atomic mass is 9.93. The molecule has 0 atom stereocenters. The first-order chi connectivity index (χ1) is 22.9. The number of oxazole rings is 1. The smallest absolute Gasteiger partial charge is 0.440 e. The highest BCUT2D eigenvalue weighted by molar-refractivity contribution is 7.90. The Bertz CT molecular complexity index is 2270. The second-order valence-corrected chi connectivity index (χ2v) is 12.9. The Balaban J connectivity index is 1.60. The first-order valence-corrected chi connectivity index (χ1v) is 15.9. The van der Waals surface area contributed by atoms with E-state index < -0.39 is 56.5 Å². The van der Waals surface area contributed by atoms with Gasteiger partial charge >= 0.3 is 18.1 Å². The molecule has 3 aromatic carbocycles. The van der Waals surface area contributed by atoms with E-state index in [2.05, 4.69) is 19.6 Å². The zero-order valence-corrected chi connectivity index (χ0v) is 26.3. The summed E-state index contributed by atoms with van der Waals surface area (Å²) < 4.78 is 114. The van der Waals surface area contributed by atoms with Gasteiger partial charge in [0.05, 0.1) is 17.2 Å². The number of hydrogen-bond acceptors (Lipinski definition) is 10. The lowest BCUT2D eigenvalue weighted by Crippen LogP contribution is -2.42. The number of halogens is 5. The van der Waals surface area contributed by atoms with Crippen molar-refractivity contribution in [1.82, 2.24) is 20.2 Å². The molecule has 0 bridgehead atoms. The maximum Gasteiger partial charge on any atom is 0.586 e. The molecule has 1 aliphatic rings. The molecule has 2 aromatic heterocycles. The number of carbonyl (C=O) groups excluding carboxylic acids is 1. The van der Waals surface area contributed by atoms with Gasteiger partial charge in [-0.25, -0.2) is 23.6 Å². The van der Waals surface area contributed by atoms with Crippen molar-refractivity contribution in [3.05, 3.63) is 77.6 Å². The van der Waals surface area contributed by atoms with Crippen LogP contribution in [-0.4, -0.2) is 46.7 Å². The highest BCUT2D eigenvalue weighted by atomic mass is 32.2. The number of aryl methyl sites for hydroxylation is 2. The third-order valence-electron chi connectivity index (χ3n) is 7.61. The molecule has 3 heterocycles. The first kappa shape index (κ1) is 33.6. The molecule has 0 saturated heterocycles. The topological polar surface area (TPSA) is 172 Å². The number of fused-ring (bicyclic) bond motifs is 1. The van der Waals surface area contributed by atoms with Crippen LogP contribution in [0.5, 0.6) is 11.5 Å². The lowest BCUT2D eigenvalue weighted by molar-refractivity contribution is -0.286.